The lowest BCUT2D eigenvalue weighted by molar-refractivity contribution is 0.415. The third-order valence-electron chi connectivity index (χ3n) is 4.46. The van der Waals surface area contributed by atoms with E-state index in [1.54, 1.807) is 61.7 Å². The monoisotopic (exact) mass is 405 g/mol. The van der Waals surface area contributed by atoms with Crippen LogP contribution < -0.4 is 10.5 Å². The SMILES string of the molecule is COc1ccc2cc(N)ccc2c1.Cc1ccc(S(=O)(=O)c2ccccc2)cc1. The Morgan fingerprint density at radius 1 is 0.724 bits per heavy atom. The van der Waals surface area contributed by atoms with Gasteiger partial charge in [-0.15, -0.1) is 0 Å². The van der Waals surface area contributed by atoms with Crippen LogP contribution in [-0.2, 0) is 9.84 Å². The van der Waals surface area contributed by atoms with Crippen molar-refractivity contribution in [1.29, 1.82) is 0 Å². The van der Waals surface area contributed by atoms with Crippen molar-refractivity contribution in [1.82, 2.24) is 0 Å². The minimum Gasteiger partial charge on any atom is -0.497 e. The molecule has 2 N–H and O–H groups in total. The summed E-state index contributed by atoms with van der Waals surface area (Å²) >= 11 is 0. The van der Waals surface area contributed by atoms with Crippen LogP contribution >= 0.6 is 0 Å². The van der Waals surface area contributed by atoms with Crippen LogP contribution in [0.5, 0.6) is 5.75 Å². The molecule has 0 aromatic heterocycles. The number of methoxy groups -OCH3 is 1. The fraction of sp³-hybridized carbons (Fsp3) is 0.0833. The highest BCUT2D eigenvalue weighted by molar-refractivity contribution is 7.91. The smallest absolute Gasteiger partial charge is 0.206 e. The lowest BCUT2D eigenvalue weighted by Gasteiger charge is -2.04. The van der Waals surface area contributed by atoms with Crippen LogP contribution in [0.3, 0.4) is 0 Å². The van der Waals surface area contributed by atoms with E-state index in [2.05, 4.69) is 0 Å². The van der Waals surface area contributed by atoms with E-state index in [9.17, 15) is 8.42 Å². The molecular weight excluding hydrogens is 382 g/mol. The molecule has 0 heterocycles. The molecule has 5 heteroatoms. The summed E-state index contributed by atoms with van der Waals surface area (Å²) in [5.74, 6) is 0.872. The van der Waals surface area contributed by atoms with Crippen molar-refractivity contribution in [2.24, 2.45) is 0 Å². The number of hydrogen-bond acceptors (Lipinski definition) is 4. The van der Waals surface area contributed by atoms with Crippen molar-refractivity contribution in [2.75, 3.05) is 12.8 Å². The van der Waals surface area contributed by atoms with E-state index >= 15 is 0 Å². The third-order valence-corrected chi connectivity index (χ3v) is 6.24. The van der Waals surface area contributed by atoms with Crippen LogP contribution in [0.1, 0.15) is 5.56 Å². The molecule has 0 radical (unpaired) electrons. The Morgan fingerprint density at radius 3 is 1.97 bits per heavy atom. The molecular formula is C24H23NO3S. The summed E-state index contributed by atoms with van der Waals surface area (Å²) in [6.07, 6.45) is 0. The second-order valence-corrected chi connectivity index (χ2v) is 8.55. The summed E-state index contributed by atoms with van der Waals surface area (Å²) in [7, 11) is -1.69. The van der Waals surface area contributed by atoms with Gasteiger partial charge in [0.25, 0.3) is 0 Å². The number of hydrogen-bond donors (Lipinski definition) is 1. The number of aryl methyl sites for hydroxylation is 1. The molecule has 0 saturated carbocycles. The van der Waals surface area contributed by atoms with Gasteiger partial charge in [0.15, 0.2) is 0 Å². The van der Waals surface area contributed by atoms with Crippen molar-refractivity contribution in [3.05, 3.63) is 96.6 Å². The Balaban J connectivity index is 0.000000169. The van der Waals surface area contributed by atoms with Gasteiger partial charge in [-0.25, -0.2) is 8.42 Å². The van der Waals surface area contributed by atoms with E-state index in [-0.39, 0.29) is 0 Å². The summed E-state index contributed by atoms with van der Waals surface area (Å²) in [5.41, 5.74) is 7.50. The van der Waals surface area contributed by atoms with E-state index < -0.39 is 9.84 Å². The van der Waals surface area contributed by atoms with Crippen LogP contribution in [0.25, 0.3) is 10.8 Å². The van der Waals surface area contributed by atoms with Gasteiger partial charge in [0.2, 0.25) is 9.84 Å². The summed E-state index contributed by atoms with van der Waals surface area (Å²) in [6, 6.07) is 27.1. The third kappa shape index (κ3) is 4.95. The lowest BCUT2D eigenvalue weighted by Crippen LogP contribution is -2.01. The first-order chi connectivity index (χ1) is 13.9. The summed E-state index contributed by atoms with van der Waals surface area (Å²) < 4.78 is 29.4. The van der Waals surface area contributed by atoms with Crippen LogP contribution in [0, 0.1) is 6.92 Å². The van der Waals surface area contributed by atoms with Gasteiger partial charge in [0, 0.05) is 5.69 Å². The average molecular weight is 406 g/mol. The number of nitrogens with two attached hydrogens (primary N) is 1. The van der Waals surface area contributed by atoms with Crippen molar-refractivity contribution in [3.8, 4) is 5.75 Å². The first kappa shape index (κ1) is 20.4. The number of nitrogen functional groups attached to an aromatic ring is 1. The first-order valence-corrected chi connectivity index (χ1v) is 10.6. The highest BCUT2D eigenvalue weighted by atomic mass is 32.2. The van der Waals surface area contributed by atoms with Gasteiger partial charge in [0.1, 0.15) is 5.75 Å². The normalized spacial score (nSPS) is 10.8. The zero-order valence-corrected chi connectivity index (χ0v) is 17.2. The average Bonchev–Trinajstić information content (AvgIpc) is 2.75. The van der Waals surface area contributed by atoms with Gasteiger partial charge < -0.3 is 10.5 Å². The number of sulfone groups is 1. The van der Waals surface area contributed by atoms with Gasteiger partial charge in [-0.05, 0) is 66.2 Å². The maximum absolute atomic E-state index is 12.1. The molecule has 0 aliphatic heterocycles. The second kappa shape index (κ2) is 8.80. The van der Waals surface area contributed by atoms with Gasteiger partial charge in [-0.3, -0.25) is 0 Å². The maximum Gasteiger partial charge on any atom is 0.206 e. The molecule has 4 aromatic carbocycles. The summed E-state index contributed by atoms with van der Waals surface area (Å²) in [4.78, 5) is 0.670. The van der Waals surface area contributed by atoms with Crippen LogP contribution in [-0.4, -0.2) is 15.5 Å². The van der Waals surface area contributed by atoms with Gasteiger partial charge >= 0.3 is 0 Å². The maximum atomic E-state index is 12.1. The predicted octanol–water partition coefficient (Wildman–Crippen LogP) is 5.26. The Labute approximate surface area is 171 Å². The summed E-state index contributed by atoms with van der Waals surface area (Å²) in [6.45, 7) is 1.93. The number of benzene rings is 4. The van der Waals surface area contributed by atoms with E-state index in [0.717, 1.165) is 27.8 Å². The lowest BCUT2D eigenvalue weighted by atomic mass is 10.1. The minimum absolute atomic E-state index is 0.332. The number of anilines is 1. The molecule has 0 saturated heterocycles. The molecule has 0 aliphatic carbocycles. The predicted molar refractivity (Wildman–Crippen MR) is 118 cm³/mol. The van der Waals surface area contributed by atoms with Crippen LogP contribution in [0.15, 0.2) is 101 Å². The molecule has 4 rings (SSSR count). The number of fused-ring (bicyclic) bond motifs is 1. The molecule has 0 bridgehead atoms. The molecule has 0 unspecified atom stereocenters. The Bertz CT molecular complexity index is 1200. The van der Waals surface area contributed by atoms with Crippen molar-refractivity contribution < 1.29 is 13.2 Å². The molecule has 148 valence electrons. The van der Waals surface area contributed by atoms with E-state index in [1.165, 1.54) is 0 Å². The van der Waals surface area contributed by atoms with Gasteiger partial charge in [0.05, 0.1) is 16.9 Å². The molecule has 0 fully saturated rings. The highest BCUT2D eigenvalue weighted by Gasteiger charge is 2.16. The summed E-state index contributed by atoms with van der Waals surface area (Å²) in [5, 5.41) is 2.29. The van der Waals surface area contributed by atoms with E-state index in [4.69, 9.17) is 10.5 Å². The number of rotatable bonds is 3. The fourth-order valence-electron chi connectivity index (χ4n) is 2.82. The van der Waals surface area contributed by atoms with Crippen molar-refractivity contribution in [2.45, 2.75) is 16.7 Å². The molecule has 0 amide bonds. The quantitative estimate of drug-likeness (QED) is 0.472. The molecule has 0 aliphatic rings. The zero-order valence-electron chi connectivity index (χ0n) is 16.4. The fourth-order valence-corrected chi connectivity index (χ4v) is 4.10. The van der Waals surface area contributed by atoms with Crippen molar-refractivity contribution in [3.63, 3.8) is 0 Å². The van der Waals surface area contributed by atoms with Crippen LogP contribution in [0.2, 0.25) is 0 Å². The van der Waals surface area contributed by atoms with Crippen molar-refractivity contribution >= 4 is 26.3 Å². The number of ether oxygens (including phenoxy) is 1. The van der Waals surface area contributed by atoms with Crippen LogP contribution in [0.4, 0.5) is 5.69 Å². The van der Waals surface area contributed by atoms with Gasteiger partial charge in [-0.1, -0.05) is 48.0 Å². The Morgan fingerprint density at radius 2 is 1.31 bits per heavy atom. The molecule has 4 aromatic rings. The second-order valence-electron chi connectivity index (χ2n) is 6.60. The molecule has 4 nitrogen and oxygen atoms in total. The Kier molecular flexibility index (Phi) is 6.20. The zero-order chi connectivity index (χ0) is 20.9. The highest BCUT2D eigenvalue weighted by Crippen LogP contribution is 2.22. The largest absolute Gasteiger partial charge is 0.497 e. The Hall–Kier alpha value is -3.31. The first-order valence-electron chi connectivity index (χ1n) is 9.10. The topological polar surface area (TPSA) is 69.4 Å². The molecule has 29 heavy (non-hydrogen) atoms. The van der Waals surface area contributed by atoms with E-state index in [0.29, 0.717) is 9.79 Å². The molecule has 0 atom stereocenters. The van der Waals surface area contributed by atoms with E-state index in [1.807, 2.05) is 43.3 Å². The molecule has 0 spiro atoms. The minimum atomic E-state index is -3.36. The van der Waals surface area contributed by atoms with Gasteiger partial charge in [-0.2, -0.15) is 0 Å². The standard InChI is InChI=1S/C13H12O2S.C11H11NO/c1-11-7-9-13(10-8-11)16(14,15)12-5-3-2-4-6-12;1-13-11-5-3-8-6-10(12)4-2-9(8)7-11/h2-10H,1H3;2-7H,12H2,1H3.